The third-order valence-electron chi connectivity index (χ3n) is 10.6. The molecule has 0 bridgehead atoms. The van der Waals surface area contributed by atoms with Gasteiger partial charge in [-0.25, -0.2) is 13.4 Å². The lowest BCUT2D eigenvalue weighted by atomic mass is 10.0. The predicted molar refractivity (Wildman–Crippen MR) is 218 cm³/mol. The van der Waals surface area contributed by atoms with Gasteiger partial charge >= 0.3 is 0 Å². The van der Waals surface area contributed by atoms with Crippen LogP contribution in [0, 0.1) is 0 Å². The maximum Gasteiger partial charge on any atom is 0.266 e. The van der Waals surface area contributed by atoms with Crippen LogP contribution in [0.2, 0.25) is 5.02 Å². The molecule has 0 aliphatic carbocycles. The van der Waals surface area contributed by atoms with Crippen molar-refractivity contribution in [2.24, 2.45) is 0 Å². The summed E-state index contributed by atoms with van der Waals surface area (Å²) >= 11 is 6.42. The quantitative estimate of drug-likeness (QED) is 0.0982. The monoisotopic (exact) mass is 835 g/mol. The Morgan fingerprint density at radius 1 is 0.983 bits per heavy atom. The van der Waals surface area contributed by atoms with E-state index in [1.54, 1.807) is 44.2 Å². The summed E-state index contributed by atoms with van der Waals surface area (Å²) in [6.45, 7) is 5.91. The number of fused-ring (bicyclic) bond motifs is 1. The van der Waals surface area contributed by atoms with Crippen molar-refractivity contribution in [2.45, 2.75) is 107 Å². The van der Waals surface area contributed by atoms with E-state index in [0.717, 1.165) is 75.9 Å². The Kier molecular flexibility index (Phi) is 14.1. The van der Waals surface area contributed by atoms with Gasteiger partial charge in [0, 0.05) is 25.4 Å². The number of Topliss-reactive ketones (excluding diaryl/α,β-unsaturated/α-hetero) is 1. The van der Waals surface area contributed by atoms with Crippen molar-refractivity contribution in [1.82, 2.24) is 25.1 Å². The van der Waals surface area contributed by atoms with Gasteiger partial charge in [-0.3, -0.25) is 34.2 Å². The molecule has 2 atom stereocenters. The SMILES string of the molecule is CC(C)S(=O)(=O)c1ccccc1Nc1nc(N[C@@H]2CCCN(CCCCCCCCC(=O)COc3cccc4c3C(=O)N(C3CCC(=O)NC3=O)C4=O)C2)ncc1Cl. The van der Waals surface area contributed by atoms with Crippen molar-refractivity contribution in [3.05, 3.63) is 64.8 Å². The fourth-order valence-electron chi connectivity index (χ4n) is 7.48. The third-order valence-corrected chi connectivity index (χ3v) is 13.1. The van der Waals surface area contributed by atoms with Crippen LogP contribution >= 0.6 is 11.6 Å². The van der Waals surface area contributed by atoms with Crippen molar-refractivity contribution in [3.8, 4) is 5.75 Å². The molecule has 3 aliphatic rings. The average molecular weight is 836 g/mol. The van der Waals surface area contributed by atoms with E-state index < -0.39 is 44.8 Å². The number of ketones is 1. The number of para-hydroxylation sites is 1. The normalized spacial score (nSPS) is 18.7. The summed E-state index contributed by atoms with van der Waals surface area (Å²) in [4.78, 5) is 75.4. The van der Waals surface area contributed by atoms with E-state index in [-0.39, 0.29) is 58.1 Å². The number of nitrogens with one attached hydrogen (secondary N) is 3. The standard InChI is InChI=1S/C41H50ClN7O8S/c1-26(2)58(55,56)34-18-9-8-16-31(34)45-37-30(42)23-43-41(47-37)44-27-13-12-22-48(24-27)21-10-6-4-3-5-7-14-28(50)25-57-33-17-11-15-29-36(33)40(54)49(39(29)53)32-19-20-35(51)46-38(32)52/h8-9,11,15-18,23,26-27,32H,3-7,10,12-14,19-22,24-25H2,1-2H3,(H,46,51,52)(H2,43,44,45,47)/t27-,32?/m1/s1. The predicted octanol–water partition coefficient (Wildman–Crippen LogP) is 5.71. The van der Waals surface area contributed by atoms with Crippen molar-refractivity contribution >= 4 is 68.3 Å². The fourth-order valence-corrected chi connectivity index (χ4v) is 8.82. The van der Waals surface area contributed by atoms with Gasteiger partial charge < -0.3 is 20.3 Å². The molecule has 1 unspecified atom stereocenters. The van der Waals surface area contributed by atoms with Gasteiger partial charge in [0.05, 0.1) is 33.2 Å². The lowest BCUT2D eigenvalue weighted by Gasteiger charge is -2.33. The van der Waals surface area contributed by atoms with Crippen molar-refractivity contribution in [3.63, 3.8) is 0 Å². The molecule has 4 amide bonds. The first-order valence-corrected chi connectivity index (χ1v) is 21.9. The fraction of sp³-hybridized carbons (Fsp3) is 0.488. The molecule has 4 heterocycles. The summed E-state index contributed by atoms with van der Waals surface area (Å²) in [5.41, 5.74) is 0.537. The number of imide groups is 2. The van der Waals surface area contributed by atoms with E-state index in [1.807, 2.05) is 0 Å². The molecule has 2 aromatic carbocycles. The Labute approximate surface area is 343 Å². The van der Waals surface area contributed by atoms with Gasteiger partial charge in [-0.2, -0.15) is 4.98 Å². The number of likely N-dealkylation sites (tertiary alicyclic amines) is 1. The van der Waals surface area contributed by atoms with Crippen LogP contribution in [0.1, 0.15) is 105 Å². The second kappa shape index (κ2) is 19.2. The van der Waals surface area contributed by atoms with Crippen LogP contribution in [0.25, 0.3) is 0 Å². The number of aromatic nitrogens is 2. The molecule has 3 aliphatic heterocycles. The Balaban J connectivity index is 0.872. The number of hydrogen-bond donors (Lipinski definition) is 3. The zero-order chi connectivity index (χ0) is 41.4. The molecule has 0 radical (unpaired) electrons. The van der Waals surface area contributed by atoms with Gasteiger partial charge in [-0.05, 0) is 83.3 Å². The summed E-state index contributed by atoms with van der Waals surface area (Å²) in [5.74, 6) is -1.68. The molecule has 3 aromatic rings. The number of carbonyl (C=O) groups is 5. The Morgan fingerprint density at radius 3 is 2.52 bits per heavy atom. The van der Waals surface area contributed by atoms with Crippen LogP contribution in [-0.2, 0) is 24.2 Å². The van der Waals surface area contributed by atoms with Gasteiger partial charge in [0.1, 0.15) is 23.4 Å². The largest absolute Gasteiger partial charge is 0.485 e. The molecule has 17 heteroatoms. The van der Waals surface area contributed by atoms with Crippen LogP contribution in [0.4, 0.5) is 17.5 Å². The highest BCUT2D eigenvalue weighted by Gasteiger charge is 2.46. The van der Waals surface area contributed by atoms with Crippen molar-refractivity contribution in [2.75, 3.05) is 36.9 Å². The second-order valence-corrected chi connectivity index (χ2v) is 18.1. The summed E-state index contributed by atoms with van der Waals surface area (Å²) in [6.07, 6.45) is 9.79. The summed E-state index contributed by atoms with van der Waals surface area (Å²) in [5, 5.41) is 8.42. The maximum absolute atomic E-state index is 13.2. The van der Waals surface area contributed by atoms with Crippen LogP contribution in [-0.4, -0.2) is 101 Å². The van der Waals surface area contributed by atoms with Gasteiger partial charge in [0.15, 0.2) is 21.4 Å². The second-order valence-electron chi connectivity index (χ2n) is 15.2. The number of halogens is 1. The first-order valence-electron chi connectivity index (χ1n) is 19.9. The van der Waals surface area contributed by atoms with Crippen LogP contribution in [0.5, 0.6) is 5.75 Å². The van der Waals surface area contributed by atoms with Gasteiger partial charge in [-0.15, -0.1) is 0 Å². The molecule has 310 valence electrons. The topological polar surface area (TPSA) is 197 Å². The number of ether oxygens (including phenoxy) is 1. The summed E-state index contributed by atoms with van der Waals surface area (Å²) < 4.78 is 31.6. The lowest BCUT2D eigenvalue weighted by Crippen LogP contribution is -2.54. The molecule has 6 rings (SSSR count). The van der Waals surface area contributed by atoms with E-state index >= 15 is 0 Å². The molecular formula is C41H50ClN7O8S. The smallest absolute Gasteiger partial charge is 0.266 e. The lowest BCUT2D eigenvalue weighted by molar-refractivity contribution is -0.136. The van der Waals surface area contributed by atoms with E-state index in [1.165, 1.54) is 18.3 Å². The van der Waals surface area contributed by atoms with E-state index in [4.69, 9.17) is 16.3 Å². The molecule has 0 spiro atoms. The highest BCUT2D eigenvalue weighted by molar-refractivity contribution is 7.92. The minimum atomic E-state index is -3.53. The van der Waals surface area contributed by atoms with Crippen LogP contribution in [0.3, 0.4) is 0 Å². The zero-order valence-electron chi connectivity index (χ0n) is 32.8. The number of hydrogen-bond acceptors (Lipinski definition) is 13. The molecule has 2 saturated heterocycles. The van der Waals surface area contributed by atoms with Gasteiger partial charge in [-0.1, -0.05) is 55.5 Å². The van der Waals surface area contributed by atoms with Gasteiger partial charge in [0.2, 0.25) is 17.8 Å². The Morgan fingerprint density at radius 2 is 1.74 bits per heavy atom. The minimum absolute atomic E-state index is 0.0270. The average Bonchev–Trinajstić information content (AvgIpc) is 3.45. The third kappa shape index (κ3) is 10.2. The van der Waals surface area contributed by atoms with Gasteiger partial charge in [0.25, 0.3) is 11.8 Å². The highest BCUT2D eigenvalue weighted by Crippen LogP contribution is 2.34. The van der Waals surface area contributed by atoms with Crippen LogP contribution < -0.4 is 20.7 Å². The maximum atomic E-state index is 13.2. The zero-order valence-corrected chi connectivity index (χ0v) is 34.4. The first-order chi connectivity index (χ1) is 27.8. The number of unbranched alkanes of at least 4 members (excludes halogenated alkanes) is 5. The molecule has 15 nitrogen and oxygen atoms in total. The molecule has 58 heavy (non-hydrogen) atoms. The van der Waals surface area contributed by atoms with Crippen LogP contribution in [0.15, 0.2) is 53.6 Å². The van der Waals surface area contributed by atoms with Crippen molar-refractivity contribution < 1.29 is 37.1 Å². The molecule has 2 fully saturated rings. The summed E-state index contributed by atoms with van der Waals surface area (Å²) in [7, 11) is -3.53. The number of sulfone groups is 1. The Hall–Kier alpha value is -4.93. The highest BCUT2D eigenvalue weighted by atomic mass is 35.5. The number of rotatable bonds is 19. The van der Waals surface area contributed by atoms with E-state index in [0.29, 0.717) is 23.9 Å². The number of piperidine rings is 2. The van der Waals surface area contributed by atoms with E-state index in [2.05, 4.69) is 30.8 Å². The Bertz CT molecular complexity index is 2150. The minimum Gasteiger partial charge on any atom is -0.485 e. The molecule has 1 aromatic heterocycles. The number of anilines is 3. The molecule has 0 saturated carbocycles. The number of nitrogens with zero attached hydrogens (tertiary/aromatic N) is 4. The van der Waals surface area contributed by atoms with Crippen molar-refractivity contribution in [1.29, 1.82) is 0 Å². The van der Waals surface area contributed by atoms with E-state index in [9.17, 15) is 32.4 Å². The number of carbonyl (C=O) groups excluding carboxylic acids is 5. The number of amides is 4. The molecule has 3 N–H and O–H groups in total. The summed E-state index contributed by atoms with van der Waals surface area (Å²) in [6, 6.07) is 10.4. The molecular weight excluding hydrogens is 786 g/mol. The first kappa shape index (κ1) is 42.7. The number of benzene rings is 2.